The van der Waals surface area contributed by atoms with E-state index in [1.807, 2.05) is 36.4 Å². The van der Waals surface area contributed by atoms with E-state index in [0.29, 0.717) is 17.0 Å². The second-order valence-corrected chi connectivity index (χ2v) is 9.80. The summed E-state index contributed by atoms with van der Waals surface area (Å²) in [7, 11) is 0. The Balaban J connectivity index is 1.51. The molecule has 0 aliphatic heterocycles. The number of nitriles is 2. The Labute approximate surface area is 214 Å². The Bertz CT molecular complexity index is 1930. The molecule has 0 saturated carbocycles. The van der Waals surface area contributed by atoms with Crippen LogP contribution in [0.15, 0.2) is 91.0 Å². The Kier molecular flexibility index (Phi) is 4.58. The van der Waals surface area contributed by atoms with Crippen molar-refractivity contribution < 1.29 is 0 Å². The number of nitrogens with zero attached hydrogens (tertiary/aromatic N) is 4. The summed E-state index contributed by atoms with van der Waals surface area (Å²) in [5.74, 6) is 0.521. The van der Waals surface area contributed by atoms with Crippen LogP contribution in [0.4, 0.5) is 0 Å². The molecule has 0 radical (unpaired) electrons. The summed E-state index contributed by atoms with van der Waals surface area (Å²) in [4.78, 5) is 0. The Morgan fingerprint density at radius 2 is 1.30 bits per heavy atom. The molecule has 6 aromatic rings. The average molecular weight is 475 g/mol. The number of hydrogen-bond donors (Lipinski definition) is 0. The highest BCUT2D eigenvalue weighted by atomic mass is 15.0. The zero-order valence-corrected chi connectivity index (χ0v) is 20.3. The maximum absolute atomic E-state index is 9.52. The maximum Gasteiger partial charge on any atom is 0.0991 e. The molecule has 2 aromatic heterocycles. The van der Waals surface area contributed by atoms with E-state index in [1.54, 1.807) is 0 Å². The molecule has 37 heavy (non-hydrogen) atoms. The molecule has 1 atom stereocenters. The number of fused-ring (bicyclic) bond motifs is 6. The monoisotopic (exact) mass is 474 g/mol. The van der Waals surface area contributed by atoms with Gasteiger partial charge in [0.25, 0.3) is 0 Å². The first-order valence-corrected chi connectivity index (χ1v) is 12.5. The van der Waals surface area contributed by atoms with Gasteiger partial charge in [-0.1, -0.05) is 37.3 Å². The molecule has 0 amide bonds. The van der Waals surface area contributed by atoms with Crippen LogP contribution < -0.4 is 0 Å². The van der Waals surface area contributed by atoms with Gasteiger partial charge in [0, 0.05) is 33.2 Å². The van der Waals surface area contributed by atoms with Gasteiger partial charge < -0.3 is 9.13 Å². The van der Waals surface area contributed by atoms with E-state index in [1.165, 1.54) is 22.2 Å². The SMILES string of the molecule is CC1C=Cc2c(c3ccccc3n2-c2cccc(-n3c4ccc(C#N)cc4c4cc(C#N)ccc43)c2)C1. The van der Waals surface area contributed by atoms with Gasteiger partial charge in [0.15, 0.2) is 0 Å². The van der Waals surface area contributed by atoms with Gasteiger partial charge in [-0.15, -0.1) is 0 Å². The van der Waals surface area contributed by atoms with E-state index < -0.39 is 0 Å². The summed E-state index contributed by atoms with van der Waals surface area (Å²) in [5.41, 5.74) is 9.23. The summed E-state index contributed by atoms with van der Waals surface area (Å²) < 4.78 is 4.60. The minimum absolute atomic E-state index is 0.521. The lowest BCUT2D eigenvalue weighted by Crippen LogP contribution is -2.05. The summed E-state index contributed by atoms with van der Waals surface area (Å²) in [6, 6.07) is 33.3. The minimum Gasteiger partial charge on any atom is -0.310 e. The van der Waals surface area contributed by atoms with Crippen LogP contribution in [0, 0.1) is 28.6 Å². The summed E-state index contributed by atoms with van der Waals surface area (Å²) in [6.07, 6.45) is 5.60. The van der Waals surface area contributed by atoms with Crippen molar-refractivity contribution in [2.75, 3.05) is 0 Å². The molecular weight excluding hydrogens is 452 g/mol. The zero-order valence-electron chi connectivity index (χ0n) is 20.3. The molecule has 174 valence electrons. The van der Waals surface area contributed by atoms with Crippen LogP contribution >= 0.6 is 0 Å². The molecule has 0 saturated heterocycles. The van der Waals surface area contributed by atoms with Gasteiger partial charge >= 0.3 is 0 Å². The number of rotatable bonds is 2. The molecule has 0 N–H and O–H groups in total. The Morgan fingerprint density at radius 3 is 1.97 bits per heavy atom. The normalized spacial score (nSPS) is 14.6. The van der Waals surface area contributed by atoms with Crippen LogP contribution in [-0.4, -0.2) is 9.13 Å². The number of aromatic nitrogens is 2. The molecule has 4 heteroatoms. The molecule has 0 bridgehead atoms. The molecule has 0 spiro atoms. The number of benzene rings is 4. The van der Waals surface area contributed by atoms with Gasteiger partial charge in [-0.05, 0) is 84.6 Å². The highest BCUT2D eigenvalue weighted by Gasteiger charge is 2.21. The van der Waals surface area contributed by atoms with Crippen LogP contribution in [0.2, 0.25) is 0 Å². The van der Waals surface area contributed by atoms with Crippen LogP contribution in [0.1, 0.15) is 29.3 Å². The molecule has 1 aliphatic carbocycles. The highest BCUT2D eigenvalue weighted by Crippen LogP contribution is 2.37. The van der Waals surface area contributed by atoms with Gasteiger partial charge in [0.1, 0.15) is 0 Å². The van der Waals surface area contributed by atoms with E-state index in [4.69, 9.17) is 0 Å². The first kappa shape index (κ1) is 21.2. The molecular formula is C33H22N4. The van der Waals surface area contributed by atoms with Crippen molar-refractivity contribution in [3.05, 3.63) is 113 Å². The van der Waals surface area contributed by atoms with Crippen molar-refractivity contribution in [2.24, 2.45) is 5.92 Å². The molecule has 0 fully saturated rings. The van der Waals surface area contributed by atoms with E-state index in [0.717, 1.165) is 39.6 Å². The third kappa shape index (κ3) is 3.13. The first-order chi connectivity index (χ1) is 18.2. The van der Waals surface area contributed by atoms with E-state index >= 15 is 0 Å². The smallest absolute Gasteiger partial charge is 0.0991 e. The fourth-order valence-corrected chi connectivity index (χ4v) is 5.85. The van der Waals surface area contributed by atoms with Gasteiger partial charge in [-0.3, -0.25) is 0 Å². The third-order valence-corrected chi connectivity index (χ3v) is 7.50. The fraction of sp³-hybridized carbons (Fsp3) is 0.0909. The van der Waals surface area contributed by atoms with Crippen molar-refractivity contribution in [2.45, 2.75) is 13.3 Å². The molecule has 2 heterocycles. The van der Waals surface area contributed by atoms with Gasteiger partial charge in [-0.2, -0.15) is 10.5 Å². The van der Waals surface area contributed by atoms with Crippen LogP contribution in [-0.2, 0) is 6.42 Å². The van der Waals surface area contributed by atoms with Crippen LogP contribution in [0.3, 0.4) is 0 Å². The lowest BCUT2D eigenvalue weighted by atomic mass is 9.93. The molecule has 1 unspecified atom stereocenters. The average Bonchev–Trinajstić information content (AvgIpc) is 3.44. The first-order valence-electron chi connectivity index (χ1n) is 12.5. The third-order valence-electron chi connectivity index (χ3n) is 7.50. The summed E-state index contributed by atoms with van der Waals surface area (Å²) in [5, 5.41) is 22.3. The second kappa shape index (κ2) is 7.98. The summed E-state index contributed by atoms with van der Waals surface area (Å²) in [6.45, 7) is 2.27. The van der Waals surface area contributed by atoms with Crippen molar-refractivity contribution in [3.63, 3.8) is 0 Å². The molecule has 4 aromatic carbocycles. The van der Waals surface area contributed by atoms with Gasteiger partial charge in [-0.25, -0.2) is 0 Å². The van der Waals surface area contributed by atoms with E-state index in [9.17, 15) is 10.5 Å². The van der Waals surface area contributed by atoms with Crippen molar-refractivity contribution >= 4 is 38.8 Å². The van der Waals surface area contributed by atoms with E-state index in [-0.39, 0.29) is 0 Å². The number of allylic oxidation sites excluding steroid dienone is 1. The van der Waals surface area contributed by atoms with Crippen molar-refractivity contribution in [1.82, 2.24) is 9.13 Å². The summed E-state index contributed by atoms with van der Waals surface area (Å²) >= 11 is 0. The van der Waals surface area contributed by atoms with Crippen molar-refractivity contribution in [1.29, 1.82) is 10.5 Å². The molecule has 4 nitrogen and oxygen atoms in total. The fourth-order valence-electron chi connectivity index (χ4n) is 5.85. The Morgan fingerprint density at radius 1 is 0.676 bits per heavy atom. The zero-order chi connectivity index (χ0) is 25.1. The highest BCUT2D eigenvalue weighted by molar-refractivity contribution is 6.10. The molecule has 7 rings (SSSR count). The van der Waals surface area contributed by atoms with Crippen LogP contribution in [0.25, 0.3) is 50.2 Å². The molecule has 1 aliphatic rings. The number of para-hydroxylation sites is 1. The maximum atomic E-state index is 9.52. The van der Waals surface area contributed by atoms with Crippen LogP contribution in [0.5, 0.6) is 0 Å². The predicted molar refractivity (Wildman–Crippen MR) is 149 cm³/mol. The minimum atomic E-state index is 0.521. The standard InChI is InChI=1S/C33H22N4/c1-21-9-12-31-27(15-21)26-7-2-3-8-30(26)36(31)24-5-4-6-25(18-24)37-32-13-10-22(19-34)16-28(32)29-17-23(20-35)11-14-33(29)37/h2-14,16-18,21H,15H2,1H3. The lowest BCUT2D eigenvalue weighted by molar-refractivity contribution is 0.717. The van der Waals surface area contributed by atoms with E-state index in [2.05, 4.69) is 88.9 Å². The number of hydrogen-bond acceptors (Lipinski definition) is 2. The van der Waals surface area contributed by atoms with Crippen molar-refractivity contribution in [3.8, 4) is 23.5 Å². The van der Waals surface area contributed by atoms with Gasteiger partial charge in [0.2, 0.25) is 0 Å². The second-order valence-electron chi connectivity index (χ2n) is 9.80. The topological polar surface area (TPSA) is 57.4 Å². The predicted octanol–water partition coefficient (Wildman–Crippen LogP) is 7.68. The Hall–Kier alpha value is -5.06. The van der Waals surface area contributed by atoms with Gasteiger partial charge in [0.05, 0.1) is 39.8 Å². The lowest BCUT2D eigenvalue weighted by Gasteiger charge is -2.16. The quantitative estimate of drug-likeness (QED) is 0.258. The largest absolute Gasteiger partial charge is 0.310 e.